The van der Waals surface area contributed by atoms with Gasteiger partial charge in [0.25, 0.3) is 0 Å². The van der Waals surface area contributed by atoms with Crippen LogP contribution in [0.15, 0.2) is 24.3 Å². The second-order valence-corrected chi connectivity index (χ2v) is 6.97. The molecule has 2 fully saturated rings. The number of Topliss-reactive ketones (excluding diaryl/α,β-unsaturated/α-hetero) is 1. The average molecular weight is 372 g/mol. The van der Waals surface area contributed by atoms with Crippen LogP contribution in [0.3, 0.4) is 0 Å². The molecule has 0 N–H and O–H groups in total. The number of rotatable bonds is 5. The maximum atomic E-state index is 12.9. The summed E-state index contributed by atoms with van der Waals surface area (Å²) in [4.78, 5) is 14.5. The maximum absolute atomic E-state index is 12.9. The lowest BCUT2D eigenvalue weighted by Gasteiger charge is -2.47. The predicted octanol–water partition coefficient (Wildman–Crippen LogP) is 3.69. The van der Waals surface area contributed by atoms with Crippen molar-refractivity contribution < 1.29 is 18.7 Å². The third-order valence-electron chi connectivity index (χ3n) is 5.44. The van der Waals surface area contributed by atoms with Crippen molar-refractivity contribution in [2.75, 3.05) is 33.0 Å². The number of piperidine rings is 1. The minimum Gasteiger partial charge on any atom is -0.355 e. The molecule has 0 bridgehead atoms. The molecule has 0 amide bonds. The maximum Gasteiger partial charge on any atom is 0.162 e. The molecule has 1 aromatic rings. The third-order valence-corrected chi connectivity index (χ3v) is 5.44. The van der Waals surface area contributed by atoms with Gasteiger partial charge in [-0.05, 0) is 50.1 Å². The van der Waals surface area contributed by atoms with Gasteiger partial charge >= 0.3 is 0 Å². The van der Waals surface area contributed by atoms with Gasteiger partial charge in [0, 0.05) is 31.0 Å². The lowest BCUT2D eigenvalue weighted by Crippen LogP contribution is -2.53. The fourth-order valence-corrected chi connectivity index (χ4v) is 3.71. The van der Waals surface area contributed by atoms with Crippen LogP contribution in [0, 0.1) is 11.7 Å². The van der Waals surface area contributed by atoms with E-state index < -0.39 is 0 Å². The summed E-state index contributed by atoms with van der Waals surface area (Å²) in [5, 5.41) is 0. The molecular weight excluding hydrogens is 345 g/mol. The van der Waals surface area contributed by atoms with Gasteiger partial charge in [0.05, 0.1) is 12.2 Å². The van der Waals surface area contributed by atoms with Crippen molar-refractivity contribution in [3.05, 3.63) is 35.6 Å². The molecular formula is C19H27ClFNO3. The van der Waals surface area contributed by atoms with Crippen LogP contribution in [0.1, 0.15) is 43.0 Å². The number of hydrogen-bond acceptors (Lipinski definition) is 4. The molecule has 6 heteroatoms. The van der Waals surface area contributed by atoms with Crippen molar-refractivity contribution >= 4 is 18.2 Å². The molecule has 0 aliphatic carbocycles. The molecule has 1 aromatic carbocycles. The molecule has 2 heterocycles. The van der Waals surface area contributed by atoms with Crippen LogP contribution >= 0.6 is 12.4 Å². The number of hydrogen-bond donors (Lipinski definition) is 0. The summed E-state index contributed by atoms with van der Waals surface area (Å²) in [6, 6.07) is 5.80. The Morgan fingerprint density at radius 2 is 1.96 bits per heavy atom. The second kappa shape index (κ2) is 9.08. The minimum absolute atomic E-state index is 0. The van der Waals surface area contributed by atoms with Crippen LogP contribution in [-0.2, 0) is 9.47 Å². The van der Waals surface area contributed by atoms with E-state index in [4.69, 9.17) is 9.47 Å². The highest BCUT2D eigenvalue weighted by Crippen LogP contribution is 2.36. The van der Waals surface area contributed by atoms with Crippen molar-refractivity contribution in [2.24, 2.45) is 5.92 Å². The fourth-order valence-electron chi connectivity index (χ4n) is 3.71. The summed E-state index contributed by atoms with van der Waals surface area (Å²) in [7, 11) is 0. The number of likely N-dealkylation sites (tertiary alicyclic amines) is 1. The van der Waals surface area contributed by atoms with Gasteiger partial charge in [-0.3, -0.25) is 4.79 Å². The Morgan fingerprint density at radius 1 is 1.28 bits per heavy atom. The van der Waals surface area contributed by atoms with Crippen LogP contribution in [0.5, 0.6) is 0 Å². The molecule has 1 spiro atoms. The molecule has 2 saturated heterocycles. The summed E-state index contributed by atoms with van der Waals surface area (Å²) in [5.74, 6) is 0.219. The smallest absolute Gasteiger partial charge is 0.162 e. The first kappa shape index (κ1) is 20.3. The largest absolute Gasteiger partial charge is 0.355 e. The highest BCUT2D eigenvalue weighted by atomic mass is 35.5. The number of ketones is 1. The van der Waals surface area contributed by atoms with Crippen molar-refractivity contribution in [3.8, 4) is 0 Å². The van der Waals surface area contributed by atoms with Crippen LogP contribution in [-0.4, -0.2) is 49.3 Å². The zero-order valence-corrected chi connectivity index (χ0v) is 15.5. The van der Waals surface area contributed by atoms with E-state index in [-0.39, 0.29) is 29.6 Å². The van der Waals surface area contributed by atoms with E-state index in [9.17, 15) is 9.18 Å². The SMILES string of the molecule is CC1COCOC12CCN(CCCC(=O)c1ccc(F)cc1)CC2.Cl. The molecule has 1 unspecified atom stereocenters. The van der Waals surface area contributed by atoms with Gasteiger partial charge in [0.1, 0.15) is 12.6 Å². The van der Waals surface area contributed by atoms with Gasteiger partial charge in [-0.1, -0.05) is 6.92 Å². The Hall–Kier alpha value is -1.01. The summed E-state index contributed by atoms with van der Waals surface area (Å²) in [5.41, 5.74) is 0.581. The van der Waals surface area contributed by atoms with Crippen LogP contribution in [0.4, 0.5) is 4.39 Å². The first-order chi connectivity index (χ1) is 11.6. The molecule has 4 nitrogen and oxygen atoms in total. The quantitative estimate of drug-likeness (QED) is 0.740. The number of ether oxygens (including phenoxy) is 2. The summed E-state index contributed by atoms with van der Waals surface area (Å²) in [6.07, 6.45) is 3.41. The lowest BCUT2D eigenvalue weighted by atomic mass is 9.80. The summed E-state index contributed by atoms with van der Waals surface area (Å²) >= 11 is 0. The normalized spacial score (nSPS) is 23.2. The van der Waals surface area contributed by atoms with Crippen molar-refractivity contribution in [2.45, 2.75) is 38.2 Å². The van der Waals surface area contributed by atoms with Crippen molar-refractivity contribution in [1.82, 2.24) is 4.90 Å². The highest BCUT2D eigenvalue weighted by Gasteiger charge is 2.42. The van der Waals surface area contributed by atoms with Crippen molar-refractivity contribution in [1.29, 1.82) is 0 Å². The van der Waals surface area contributed by atoms with Crippen LogP contribution in [0.2, 0.25) is 0 Å². The lowest BCUT2D eigenvalue weighted by molar-refractivity contribution is -0.236. The highest BCUT2D eigenvalue weighted by molar-refractivity contribution is 5.95. The van der Waals surface area contributed by atoms with Crippen LogP contribution in [0.25, 0.3) is 0 Å². The van der Waals surface area contributed by atoms with E-state index in [0.29, 0.717) is 24.7 Å². The molecule has 2 aliphatic rings. The van der Waals surface area contributed by atoms with Gasteiger partial charge in [0.2, 0.25) is 0 Å². The fraction of sp³-hybridized carbons (Fsp3) is 0.632. The molecule has 0 radical (unpaired) electrons. The van der Waals surface area contributed by atoms with Gasteiger partial charge in [-0.2, -0.15) is 0 Å². The zero-order chi connectivity index (χ0) is 17.0. The molecule has 0 aromatic heterocycles. The minimum atomic E-state index is -0.307. The Bertz CT molecular complexity index is 558. The van der Waals surface area contributed by atoms with E-state index in [2.05, 4.69) is 11.8 Å². The van der Waals surface area contributed by atoms with Crippen molar-refractivity contribution in [3.63, 3.8) is 0 Å². The van der Waals surface area contributed by atoms with Crippen LogP contribution < -0.4 is 0 Å². The van der Waals surface area contributed by atoms with E-state index in [1.54, 1.807) is 12.1 Å². The summed E-state index contributed by atoms with van der Waals surface area (Å²) in [6.45, 7) is 6.34. The molecule has 1 atom stereocenters. The Labute approximate surface area is 155 Å². The van der Waals surface area contributed by atoms with E-state index in [0.717, 1.165) is 45.5 Å². The second-order valence-electron chi connectivity index (χ2n) is 6.97. The van der Waals surface area contributed by atoms with Gasteiger partial charge in [-0.15, -0.1) is 12.4 Å². The van der Waals surface area contributed by atoms with Gasteiger partial charge in [0.15, 0.2) is 5.78 Å². The number of carbonyl (C=O) groups is 1. The summed E-state index contributed by atoms with van der Waals surface area (Å²) < 4.78 is 24.2. The first-order valence-corrected chi connectivity index (χ1v) is 8.82. The average Bonchev–Trinajstić information content (AvgIpc) is 2.60. The number of halogens is 2. The molecule has 25 heavy (non-hydrogen) atoms. The number of carbonyl (C=O) groups excluding carboxylic acids is 1. The van der Waals surface area contributed by atoms with Gasteiger partial charge in [-0.25, -0.2) is 4.39 Å². The topological polar surface area (TPSA) is 38.8 Å². The number of nitrogens with zero attached hydrogens (tertiary/aromatic N) is 1. The standard InChI is InChI=1S/C19H26FNO3.ClH/c1-15-13-23-14-24-19(15)8-11-21(12-9-19)10-2-3-18(22)16-4-6-17(20)7-5-16;/h4-7,15H,2-3,8-14H2,1H3;1H. The third kappa shape index (κ3) is 5.00. The van der Waals surface area contributed by atoms with E-state index in [1.807, 2.05) is 0 Å². The molecule has 140 valence electrons. The molecule has 2 aliphatic heterocycles. The first-order valence-electron chi connectivity index (χ1n) is 8.82. The molecule has 3 rings (SSSR count). The Kier molecular flexibility index (Phi) is 7.37. The van der Waals surface area contributed by atoms with E-state index in [1.165, 1.54) is 12.1 Å². The Balaban J connectivity index is 0.00000225. The molecule has 0 saturated carbocycles. The zero-order valence-electron chi connectivity index (χ0n) is 14.7. The predicted molar refractivity (Wildman–Crippen MR) is 96.7 cm³/mol. The number of benzene rings is 1. The monoisotopic (exact) mass is 371 g/mol. The Morgan fingerprint density at radius 3 is 2.60 bits per heavy atom. The van der Waals surface area contributed by atoms with E-state index >= 15 is 0 Å². The van der Waals surface area contributed by atoms with Gasteiger partial charge < -0.3 is 14.4 Å².